The van der Waals surface area contributed by atoms with Crippen molar-refractivity contribution in [1.82, 2.24) is 20.5 Å². The molecule has 0 saturated carbocycles. The Morgan fingerprint density at radius 1 is 1.19 bits per heavy atom. The van der Waals surface area contributed by atoms with Crippen LogP contribution in [0.1, 0.15) is 38.7 Å². The predicted molar refractivity (Wildman–Crippen MR) is 144 cm³/mol. The van der Waals surface area contributed by atoms with Crippen LogP contribution in [0.3, 0.4) is 0 Å². The van der Waals surface area contributed by atoms with Crippen molar-refractivity contribution in [3.8, 4) is 0 Å². The standard InChI is InChI=1S/C26H37N5O5S/c1-15(2)22(25(34)31-11-6-9-21(31)26(35)36)30-24(33)20(29-23(32)18(27)10-12-37-3)13-16-14-28-19-8-5-4-7-17(16)19/h4-5,7-8,14-15,18,20-22,28H,6,9-13,27H2,1-3H3,(H,29,32)(H,30,33)(H,35,36). The Bertz CT molecular complexity index is 1120. The number of carbonyl (C=O) groups is 4. The molecule has 0 aliphatic carbocycles. The fraction of sp³-hybridized carbons (Fsp3) is 0.538. The van der Waals surface area contributed by atoms with Gasteiger partial charge < -0.3 is 31.4 Å². The number of hydrogen-bond donors (Lipinski definition) is 5. The number of nitrogens with two attached hydrogens (primary N) is 1. The molecule has 3 amide bonds. The van der Waals surface area contributed by atoms with Crippen molar-refractivity contribution in [3.05, 3.63) is 36.0 Å². The molecule has 37 heavy (non-hydrogen) atoms. The minimum absolute atomic E-state index is 0.192. The van der Waals surface area contributed by atoms with Gasteiger partial charge in [-0.25, -0.2) is 4.79 Å². The lowest BCUT2D eigenvalue weighted by atomic mass is 9.99. The fourth-order valence-corrected chi connectivity index (χ4v) is 5.11. The fourth-order valence-electron chi connectivity index (χ4n) is 4.62. The Hall–Kier alpha value is -3.05. The van der Waals surface area contributed by atoms with Crippen LogP contribution in [0.5, 0.6) is 0 Å². The molecule has 0 bridgehead atoms. The zero-order valence-electron chi connectivity index (χ0n) is 21.5. The van der Waals surface area contributed by atoms with Gasteiger partial charge >= 0.3 is 5.97 Å². The molecule has 1 fully saturated rings. The van der Waals surface area contributed by atoms with Gasteiger partial charge in [-0.15, -0.1) is 0 Å². The second kappa shape index (κ2) is 13.0. The molecule has 4 atom stereocenters. The van der Waals surface area contributed by atoms with Crippen molar-refractivity contribution in [3.63, 3.8) is 0 Å². The van der Waals surface area contributed by atoms with E-state index in [0.717, 1.165) is 16.5 Å². The van der Waals surface area contributed by atoms with Gasteiger partial charge in [0.2, 0.25) is 17.7 Å². The number of H-pyrrole nitrogens is 1. The lowest BCUT2D eigenvalue weighted by molar-refractivity contribution is -0.150. The summed E-state index contributed by atoms with van der Waals surface area (Å²) >= 11 is 1.58. The summed E-state index contributed by atoms with van der Waals surface area (Å²) in [6, 6.07) is 4.08. The largest absolute Gasteiger partial charge is 0.480 e. The van der Waals surface area contributed by atoms with Gasteiger partial charge in [-0.3, -0.25) is 14.4 Å². The molecule has 10 nitrogen and oxygen atoms in total. The molecular weight excluding hydrogens is 494 g/mol. The van der Waals surface area contributed by atoms with Gasteiger partial charge in [-0.05, 0) is 48.8 Å². The van der Waals surface area contributed by atoms with E-state index in [9.17, 15) is 24.3 Å². The number of nitrogens with zero attached hydrogens (tertiary/aromatic N) is 1. The number of para-hydroxylation sites is 1. The third kappa shape index (κ3) is 7.04. The van der Waals surface area contributed by atoms with Crippen molar-refractivity contribution in [2.75, 3.05) is 18.6 Å². The topological polar surface area (TPSA) is 158 Å². The summed E-state index contributed by atoms with van der Waals surface area (Å²) in [6.07, 6.45) is 5.36. The minimum atomic E-state index is -1.05. The number of aromatic nitrogens is 1. The number of thioether (sulfide) groups is 1. The number of rotatable bonds is 12. The maximum Gasteiger partial charge on any atom is 0.326 e. The molecule has 1 aromatic heterocycles. The highest BCUT2D eigenvalue weighted by molar-refractivity contribution is 7.98. The first-order chi connectivity index (χ1) is 17.6. The Balaban J connectivity index is 1.82. The Kier molecular flexibility index (Phi) is 9.99. The third-order valence-electron chi connectivity index (χ3n) is 6.75. The molecule has 0 spiro atoms. The Morgan fingerprint density at radius 3 is 2.59 bits per heavy atom. The number of carbonyl (C=O) groups excluding carboxylic acids is 3. The number of nitrogens with one attached hydrogen (secondary N) is 3. The summed E-state index contributed by atoms with van der Waals surface area (Å²) in [5.74, 6) is -2.02. The van der Waals surface area contributed by atoms with E-state index in [1.807, 2.05) is 30.5 Å². The van der Waals surface area contributed by atoms with Crippen molar-refractivity contribution in [1.29, 1.82) is 0 Å². The molecule has 0 radical (unpaired) electrons. The van der Waals surface area contributed by atoms with E-state index in [1.165, 1.54) is 4.90 Å². The summed E-state index contributed by atoms with van der Waals surface area (Å²) in [7, 11) is 0. The molecule has 3 rings (SSSR count). The van der Waals surface area contributed by atoms with Crippen LogP contribution in [0.2, 0.25) is 0 Å². The SMILES string of the molecule is CSCCC(N)C(=O)NC(Cc1c[nH]c2ccccc12)C(=O)NC(C(=O)N1CCCC1C(=O)O)C(C)C. The van der Waals surface area contributed by atoms with E-state index in [1.54, 1.807) is 31.8 Å². The van der Waals surface area contributed by atoms with Gasteiger partial charge in [-0.2, -0.15) is 11.8 Å². The van der Waals surface area contributed by atoms with Crippen LogP contribution in [0, 0.1) is 5.92 Å². The quantitative estimate of drug-likeness (QED) is 0.278. The predicted octanol–water partition coefficient (Wildman–Crippen LogP) is 1.49. The normalized spacial score (nSPS) is 18.0. The van der Waals surface area contributed by atoms with Crippen molar-refractivity contribution in [2.45, 2.75) is 63.7 Å². The van der Waals surface area contributed by atoms with Crippen LogP contribution in [0.4, 0.5) is 0 Å². The average Bonchev–Trinajstić information content (AvgIpc) is 3.52. The molecule has 2 aromatic rings. The lowest BCUT2D eigenvalue weighted by Gasteiger charge is -2.30. The van der Waals surface area contributed by atoms with E-state index in [4.69, 9.17) is 5.73 Å². The average molecular weight is 532 g/mol. The van der Waals surface area contributed by atoms with Crippen molar-refractivity contribution in [2.24, 2.45) is 11.7 Å². The highest BCUT2D eigenvalue weighted by Gasteiger charge is 2.39. The maximum atomic E-state index is 13.6. The summed E-state index contributed by atoms with van der Waals surface area (Å²) in [6.45, 7) is 3.91. The number of likely N-dealkylation sites (tertiary alicyclic amines) is 1. The Morgan fingerprint density at radius 2 is 1.92 bits per heavy atom. The first-order valence-corrected chi connectivity index (χ1v) is 14.0. The summed E-state index contributed by atoms with van der Waals surface area (Å²) < 4.78 is 0. The molecular formula is C26H37N5O5S. The number of hydrogen-bond acceptors (Lipinski definition) is 6. The highest BCUT2D eigenvalue weighted by atomic mass is 32.2. The van der Waals surface area contributed by atoms with Crippen LogP contribution in [0.25, 0.3) is 10.9 Å². The minimum Gasteiger partial charge on any atom is -0.480 e. The van der Waals surface area contributed by atoms with Crippen LogP contribution in [-0.4, -0.2) is 81.4 Å². The molecule has 1 aromatic carbocycles. The van der Waals surface area contributed by atoms with Crippen molar-refractivity contribution >= 4 is 46.4 Å². The zero-order chi connectivity index (χ0) is 27.1. The number of amides is 3. The van der Waals surface area contributed by atoms with Crippen molar-refractivity contribution < 1.29 is 24.3 Å². The van der Waals surface area contributed by atoms with E-state index >= 15 is 0 Å². The first kappa shape index (κ1) is 28.5. The third-order valence-corrected chi connectivity index (χ3v) is 7.40. The van der Waals surface area contributed by atoms with Gasteiger partial charge in [0.15, 0.2) is 0 Å². The monoisotopic (exact) mass is 531 g/mol. The lowest BCUT2D eigenvalue weighted by Crippen LogP contribution is -2.59. The second-order valence-electron chi connectivity index (χ2n) is 9.77. The molecule has 2 heterocycles. The van der Waals surface area contributed by atoms with Crippen LogP contribution in [-0.2, 0) is 25.6 Å². The van der Waals surface area contributed by atoms with Gasteiger partial charge in [0.05, 0.1) is 6.04 Å². The number of aliphatic carboxylic acids is 1. The number of fused-ring (bicyclic) bond motifs is 1. The van der Waals surface area contributed by atoms with Crippen LogP contribution in [0.15, 0.2) is 30.5 Å². The number of carboxylic acids is 1. The molecule has 202 valence electrons. The van der Waals surface area contributed by atoms with E-state index in [0.29, 0.717) is 31.6 Å². The molecule has 11 heteroatoms. The molecule has 4 unspecified atom stereocenters. The van der Waals surface area contributed by atoms with Gasteiger partial charge in [0.1, 0.15) is 18.1 Å². The number of aromatic amines is 1. The van der Waals surface area contributed by atoms with E-state index in [-0.39, 0.29) is 12.3 Å². The first-order valence-electron chi connectivity index (χ1n) is 12.6. The van der Waals surface area contributed by atoms with Crippen LogP contribution >= 0.6 is 11.8 Å². The van der Waals surface area contributed by atoms with E-state index < -0.39 is 47.9 Å². The number of carboxylic acid groups (broad SMARTS) is 1. The Labute approximate surface area is 221 Å². The smallest absolute Gasteiger partial charge is 0.326 e. The zero-order valence-corrected chi connectivity index (χ0v) is 22.3. The molecule has 1 saturated heterocycles. The second-order valence-corrected chi connectivity index (χ2v) is 10.8. The summed E-state index contributed by atoms with van der Waals surface area (Å²) in [4.78, 5) is 55.9. The number of benzene rings is 1. The molecule has 6 N–H and O–H groups in total. The van der Waals surface area contributed by atoms with Gasteiger partial charge in [-0.1, -0.05) is 32.0 Å². The van der Waals surface area contributed by atoms with Gasteiger partial charge in [0.25, 0.3) is 0 Å². The highest BCUT2D eigenvalue weighted by Crippen LogP contribution is 2.22. The summed E-state index contributed by atoms with van der Waals surface area (Å²) in [5.41, 5.74) is 7.81. The van der Waals surface area contributed by atoms with Crippen LogP contribution < -0.4 is 16.4 Å². The maximum absolute atomic E-state index is 13.6. The summed E-state index contributed by atoms with van der Waals surface area (Å²) in [5, 5.41) is 16.0. The molecule has 1 aliphatic heterocycles. The van der Waals surface area contributed by atoms with Gasteiger partial charge in [0, 0.05) is 30.1 Å². The molecule has 1 aliphatic rings. The van der Waals surface area contributed by atoms with E-state index in [2.05, 4.69) is 15.6 Å².